The molecular formula is C24H24N2O3. The molecule has 0 aliphatic heterocycles. The third-order valence-electron chi connectivity index (χ3n) is 4.32. The molecule has 2 N–H and O–H groups in total. The number of hydrogen-bond acceptors (Lipinski definition) is 3. The molecule has 0 fully saturated rings. The van der Waals surface area contributed by atoms with Gasteiger partial charge < -0.3 is 15.4 Å². The van der Waals surface area contributed by atoms with Gasteiger partial charge in [0.25, 0.3) is 0 Å². The van der Waals surface area contributed by atoms with Crippen molar-refractivity contribution in [2.75, 3.05) is 10.6 Å². The maximum atomic E-state index is 12.4. The Kier molecular flexibility index (Phi) is 5.98. The number of nitrogens with one attached hydrogen (secondary N) is 2. The normalized spacial score (nSPS) is 10.9. The van der Waals surface area contributed by atoms with Crippen LogP contribution in [-0.2, 0) is 15.0 Å². The minimum absolute atomic E-state index is 0.0162. The fourth-order valence-corrected chi connectivity index (χ4v) is 2.69. The van der Waals surface area contributed by atoms with Crippen LogP contribution >= 0.6 is 0 Å². The highest BCUT2D eigenvalue weighted by Crippen LogP contribution is 2.29. The molecule has 29 heavy (non-hydrogen) atoms. The fourth-order valence-electron chi connectivity index (χ4n) is 2.69. The van der Waals surface area contributed by atoms with E-state index in [1.807, 2.05) is 42.5 Å². The highest BCUT2D eigenvalue weighted by atomic mass is 16.5. The quantitative estimate of drug-likeness (QED) is 0.592. The first-order chi connectivity index (χ1) is 13.8. The second kappa shape index (κ2) is 8.61. The Balaban J connectivity index is 1.66. The Hall–Kier alpha value is -3.60. The van der Waals surface area contributed by atoms with Crippen molar-refractivity contribution >= 4 is 23.2 Å². The van der Waals surface area contributed by atoms with Gasteiger partial charge in [-0.3, -0.25) is 9.59 Å². The molecule has 0 aliphatic carbocycles. The van der Waals surface area contributed by atoms with Crippen molar-refractivity contribution < 1.29 is 14.3 Å². The van der Waals surface area contributed by atoms with Crippen molar-refractivity contribution in [1.29, 1.82) is 0 Å². The third kappa shape index (κ3) is 5.45. The van der Waals surface area contributed by atoms with Gasteiger partial charge in [-0.15, -0.1) is 0 Å². The van der Waals surface area contributed by atoms with Gasteiger partial charge in [-0.1, -0.05) is 63.2 Å². The molecule has 2 amide bonds. The van der Waals surface area contributed by atoms with E-state index >= 15 is 0 Å². The van der Waals surface area contributed by atoms with Gasteiger partial charge in [0.1, 0.15) is 5.75 Å². The van der Waals surface area contributed by atoms with E-state index in [2.05, 4.69) is 31.4 Å². The summed E-state index contributed by atoms with van der Waals surface area (Å²) in [7, 11) is 0. The largest absolute Gasteiger partial charge is 0.455 e. The summed E-state index contributed by atoms with van der Waals surface area (Å²) in [5, 5.41) is 5.23. The summed E-state index contributed by atoms with van der Waals surface area (Å²) in [5.74, 6) is -0.427. The summed E-state index contributed by atoms with van der Waals surface area (Å²) in [4.78, 5) is 24.7. The summed E-state index contributed by atoms with van der Waals surface area (Å²) >= 11 is 0. The van der Waals surface area contributed by atoms with Crippen LogP contribution in [0.25, 0.3) is 0 Å². The van der Waals surface area contributed by atoms with Crippen molar-refractivity contribution in [1.82, 2.24) is 0 Å². The molecular weight excluding hydrogens is 364 g/mol. The molecule has 0 saturated heterocycles. The lowest BCUT2D eigenvalue weighted by atomic mass is 9.87. The molecule has 0 spiro atoms. The SMILES string of the molecule is CC(C)(C)c1ccc(NC(=O)C(=O)Nc2ccccc2Oc2ccccc2)cc1. The Morgan fingerprint density at radius 3 is 1.97 bits per heavy atom. The number of ether oxygens (including phenoxy) is 1. The maximum absolute atomic E-state index is 12.4. The number of carbonyl (C=O) groups is 2. The molecule has 3 aromatic rings. The van der Waals surface area contributed by atoms with Gasteiger partial charge in [-0.05, 0) is 47.4 Å². The van der Waals surface area contributed by atoms with E-state index in [9.17, 15) is 9.59 Å². The number of carbonyl (C=O) groups excluding carboxylic acids is 2. The molecule has 0 heterocycles. The first kappa shape index (κ1) is 20.1. The summed E-state index contributed by atoms with van der Waals surface area (Å²) in [6.07, 6.45) is 0. The molecule has 0 radical (unpaired) electrons. The summed E-state index contributed by atoms with van der Waals surface area (Å²) in [5.41, 5.74) is 2.14. The highest BCUT2D eigenvalue weighted by molar-refractivity contribution is 6.43. The fraction of sp³-hybridized carbons (Fsp3) is 0.167. The van der Waals surface area contributed by atoms with E-state index in [4.69, 9.17) is 4.74 Å². The molecule has 0 aromatic heterocycles. The Morgan fingerprint density at radius 2 is 1.31 bits per heavy atom. The molecule has 148 valence electrons. The van der Waals surface area contributed by atoms with E-state index in [1.54, 1.807) is 36.4 Å². The summed E-state index contributed by atoms with van der Waals surface area (Å²) < 4.78 is 5.81. The van der Waals surface area contributed by atoms with E-state index in [0.717, 1.165) is 5.56 Å². The zero-order valence-corrected chi connectivity index (χ0v) is 16.7. The van der Waals surface area contributed by atoms with Gasteiger partial charge in [-0.25, -0.2) is 0 Å². The number of benzene rings is 3. The van der Waals surface area contributed by atoms with Crippen molar-refractivity contribution in [3.63, 3.8) is 0 Å². The van der Waals surface area contributed by atoms with Crippen LogP contribution in [0.15, 0.2) is 78.9 Å². The highest BCUT2D eigenvalue weighted by Gasteiger charge is 2.17. The first-order valence-corrected chi connectivity index (χ1v) is 9.38. The monoisotopic (exact) mass is 388 g/mol. The Labute approximate surface area is 170 Å². The standard InChI is InChI=1S/C24H24N2O3/c1-24(2,3)17-13-15-18(16-14-17)25-22(27)23(28)26-20-11-7-8-12-21(20)29-19-9-5-4-6-10-19/h4-16H,1-3H3,(H,25,27)(H,26,28). The van der Waals surface area contributed by atoms with Crippen molar-refractivity contribution in [3.05, 3.63) is 84.4 Å². The van der Waals surface area contributed by atoms with Crippen LogP contribution in [0.2, 0.25) is 0 Å². The number of rotatable bonds is 4. The second-order valence-corrected chi connectivity index (χ2v) is 7.65. The van der Waals surface area contributed by atoms with E-state index in [-0.39, 0.29) is 5.41 Å². The van der Waals surface area contributed by atoms with E-state index in [1.165, 1.54) is 0 Å². The lowest BCUT2D eigenvalue weighted by Gasteiger charge is -2.19. The average Bonchev–Trinajstić information content (AvgIpc) is 2.70. The predicted molar refractivity (Wildman–Crippen MR) is 115 cm³/mol. The van der Waals surface area contributed by atoms with Crippen LogP contribution in [0.5, 0.6) is 11.5 Å². The van der Waals surface area contributed by atoms with Crippen molar-refractivity contribution in [3.8, 4) is 11.5 Å². The molecule has 5 nitrogen and oxygen atoms in total. The van der Waals surface area contributed by atoms with Gasteiger partial charge in [0.2, 0.25) is 0 Å². The van der Waals surface area contributed by atoms with Crippen molar-refractivity contribution in [2.24, 2.45) is 0 Å². The average molecular weight is 388 g/mol. The van der Waals surface area contributed by atoms with Crippen LogP contribution < -0.4 is 15.4 Å². The van der Waals surface area contributed by atoms with Crippen LogP contribution in [0, 0.1) is 0 Å². The van der Waals surface area contributed by atoms with E-state index < -0.39 is 11.8 Å². The second-order valence-electron chi connectivity index (χ2n) is 7.65. The lowest BCUT2D eigenvalue weighted by molar-refractivity contribution is -0.133. The molecule has 0 atom stereocenters. The van der Waals surface area contributed by atoms with Crippen molar-refractivity contribution in [2.45, 2.75) is 26.2 Å². The molecule has 0 unspecified atom stereocenters. The van der Waals surface area contributed by atoms with Gasteiger partial charge in [-0.2, -0.15) is 0 Å². The molecule has 0 aliphatic rings. The predicted octanol–water partition coefficient (Wildman–Crippen LogP) is 5.35. The van der Waals surface area contributed by atoms with Gasteiger partial charge in [0.15, 0.2) is 5.75 Å². The van der Waals surface area contributed by atoms with Crippen LogP contribution in [0.3, 0.4) is 0 Å². The van der Waals surface area contributed by atoms with Crippen LogP contribution in [0.1, 0.15) is 26.3 Å². The van der Waals surface area contributed by atoms with Crippen LogP contribution in [-0.4, -0.2) is 11.8 Å². The zero-order chi connectivity index (χ0) is 20.9. The maximum Gasteiger partial charge on any atom is 0.314 e. The number of hydrogen-bond donors (Lipinski definition) is 2. The zero-order valence-electron chi connectivity index (χ0n) is 16.7. The van der Waals surface area contributed by atoms with Gasteiger partial charge in [0.05, 0.1) is 5.69 Å². The minimum atomic E-state index is -0.769. The Morgan fingerprint density at radius 1 is 0.724 bits per heavy atom. The molecule has 0 saturated carbocycles. The molecule has 3 aromatic carbocycles. The molecule has 3 rings (SSSR count). The van der Waals surface area contributed by atoms with Gasteiger partial charge in [0, 0.05) is 5.69 Å². The Bertz CT molecular complexity index is 991. The summed E-state index contributed by atoms with van der Waals surface area (Å²) in [6.45, 7) is 6.34. The first-order valence-electron chi connectivity index (χ1n) is 9.38. The molecule has 5 heteroatoms. The number of para-hydroxylation sites is 3. The van der Waals surface area contributed by atoms with Crippen LogP contribution in [0.4, 0.5) is 11.4 Å². The topological polar surface area (TPSA) is 67.4 Å². The van der Waals surface area contributed by atoms with Gasteiger partial charge >= 0.3 is 11.8 Å². The molecule has 0 bridgehead atoms. The number of amides is 2. The lowest BCUT2D eigenvalue weighted by Crippen LogP contribution is -2.29. The summed E-state index contributed by atoms with van der Waals surface area (Å²) in [6, 6.07) is 23.7. The minimum Gasteiger partial charge on any atom is -0.455 e. The van der Waals surface area contributed by atoms with E-state index in [0.29, 0.717) is 22.9 Å². The number of anilines is 2. The smallest absolute Gasteiger partial charge is 0.314 e. The third-order valence-corrected chi connectivity index (χ3v) is 4.32.